The fourth-order valence-corrected chi connectivity index (χ4v) is 5.10. The van der Waals surface area contributed by atoms with Gasteiger partial charge in [0.25, 0.3) is 0 Å². The molecule has 0 unspecified atom stereocenters. The number of piperidine rings is 1. The fourth-order valence-electron chi connectivity index (χ4n) is 4.78. The van der Waals surface area contributed by atoms with Crippen molar-refractivity contribution in [3.05, 3.63) is 82.4 Å². The molecule has 4 nitrogen and oxygen atoms in total. The highest BCUT2D eigenvalue weighted by atomic mass is 35.5. The van der Waals surface area contributed by atoms with Gasteiger partial charge in [-0.1, -0.05) is 60.5 Å². The topological polar surface area (TPSA) is 46.6 Å². The number of halogens is 2. The summed E-state index contributed by atoms with van der Waals surface area (Å²) in [5.41, 5.74) is 1.28. The van der Waals surface area contributed by atoms with E-state index in [2.05, 4.69) is 6.58 Å². The Labute approximate surface area is 212 Å². The predicted octanol–water partition coefficient (Wildman–Crippen LogP) is 7.36. The molecule has 2 aromatic rings. The summed E-state index contributed by atoms with van der Waals surface area (Å²) < 4.78 is 5.76. The molecule has 0 radical (unpaired) electrons. The second kappa shape index (κ2) is 11.0. The molecule has 0 saturated carbocycles. The molecule has 34 heavy (non-hydrogen) atoms. The average molecular weight is 502 g/mol. The summed E-state index contributed by atoms with van der Waals surface area (Å²) in [6.07, 6.45) is 3.37. The van der Waals surface area contributed by atoms with Crippen molar-refractivity contribution in [2.75, 3.05) is 0 Å². The Morgan fingerprint density at radius 1 is 1.15 bits per heavy atom. The van der Waals surface area contributed by atoms with Crippen molar-refractivity contribution < 1.29 is 14.3 Å². The third-order valence-corrected chi connectivity index (χ3v) is 6.65. The van der Waals surface area contributed by atoms with E-state index in [1.807, 2.05) is 76.2 Å². The first-order chi connectivity index (χ1) is 16.1. The lowest BCUT2D eigenvalue weighted by atomic mass is 9.74. The van der Waals surface area contributed by atoms with Crippen LogP contribution < -0.4 is 0 Å². The number of ether oxygens (including phenoxy) is 1. The maximum absolute atomic E-state index is 13.9. The standard InChI is InChI=1S/C28H33Cl2NO3/c1-6-9-20-17-23(19-10-8-11-22(30)16-19)25(18-12-14-21(29)15-13-18)31(26(20)32)24(7-2)27(33)34-28(3,4)5/h6,8,10-16,20,23-25H,1,7,9,17H2,2-5H3/t20-,23+,24-,25+/m0/s1. The van der Waals surface area contributed by atoms with Crippen LogP contribution in [-0.4, -0.2) is 28.4 Å². The van der Waals surface area contributed by atoms with Gasteiger partial charge in [0.2, 0.25) is 5.91 Å². The first-order valence-electron chi connectivity index (χ1n) is 11.7. The van der Waals surface area contributed by atoms with Crippen molar-refractivity contribution in [1.82, 2.24) is 4.90 Å². The van der Waals surface area contributed by atoms with Crippen molar-refractivity contribution in [2.45, 2.75) is 70.6 Å². The third-order valence-electron chi connectivity index (χ3n) is 6.16. The van der Waals surface area contributed by atoms with E-state index in [1.54, 1.807) is 11.0 Å². The number of rotatable bonds is 7. The maximum Gasteiger partial charge on any atom is 0.329 e. The van der Waals surface area contributed by atoms with Crippen molar-refractivity contribution in [1.29, 1.82) is 0 Å². The summed E-state index contributed by atoms with van der Waals surface area (Å²) in [6.45, 7) is 11.3. The lowest BCUT2D eigenvalue weighted by Gasteiger charge is -2.47. The van der Waals surface area contributed by atoms with Crippen molar-refractivity contribution in [3.8, 4) is 0 Å². The van der Waals surface area contributed by atoms with Gasteiger partial charge in [-0.25, -0.2) is 4.79 Å². The van der Waals surface area contributed by atoms with Gasteiger partial charge in [-0.2, -0.15) is 0 Å². The van der Waals surface area contributed by atoms with Gasteiger partial charge in [0, 0.05) is 21.9 Å². The molecule has 0 spiro atoms. The number of nitrogens with zero attached hydrogens (tertiary/aromatic N) is 1. The second-order valence-corrected chi connectivity index (χ2v) is 10.7. The summed E-state index contributed by atoms with van der Waals surface area (Å²) in [5, 5.41) is 1.25. The zero-order chi connectivity index (χ0) is 25.0. The van der Waals surface area contributed by atoms with E-state index in [0.717, 1.165) is 11.1 Å². The normalized spacial score (nSPS) is 21.8. The predicted molar refractivity (Wildman–Crippen MR) is 138 cm³/mol. The van der Waals surface area contributed by atoms with Crippen LogP contribution in [0.25, 0.3) is 0 Å². The summed E-state index contributed by atoms with van der Waals surface area (Å²) in [5.74, 6) is -0.817. The minimum absolute atomic E-state index is 0.0594. The number of carbonyl (C=O) groups is 2. The van der Waals surface area contributed by atoms with Crippen LogP contribution in [0.3, 0.4) is 0 Å². The van der Waals surface area contributed by atoms with E-state index < -0.39 is 17.6 Å². The van der Waals surface area contributed by atoms with Crippen LogP contribution >= 0.6 is 23.2 Å². The Balaban J connectivity index is 2.18. The molecule has 182 valence electrons. The number of carbonyl (C=O) groups excluding carboxylic acids is 2. The molecule has 1 aliphatic heterocycles. The van der Waals surface area contributed by atoms with Gasteiger partial charge < -0.3 is 9.64 Å². The van der Waals surface area contributed by atoms with Crippen LogP contribution in [0.4, 0.5) is 0 Å². The molecule has 1 amide bonds. The lowest BCUT2D eigenvalue weighted by Crippen LogP contribution is -2.55. The molecule has 0 aliphatic carbocycles. The molecule has 0 aromatic heterocycles. The quantitative estimate of drug-likeness (QED) is 0.294. The van der Waals surface area contributed by atoms with Gasteiger partial charge in [0.1, 0.15) is 11.6 Å². The number of likely N-dealkylation sites (tertiary alicyclic amines) is 1. The van der Waals surface area contributed by atoms with Gasteiger partial charge in [0.05, 0.1) is 6.04 Å². The minimum atomic E-state index is -0.721. The van der Waals surface area contributed by atoms with E-state index in [0.29, 0.717) is 29.3 Å². The van der Waals surface area contributed by atoms with Crippen LogP contribution in [0.1, 0.15) is 70.0 Å². The molecule has 2 aromatic carbocycles. The number of hydrogen-bond acceptors (Lipinski definition) is 3. The molecular weight excluding hydrogens is 469 g/mol. The number of hydrogen-bond donors (Lipinski definition) is 0. The highest BCUT2D eigenvalue weighted by Crippen LogP contribution is 2.47. The monoisotopic (exact) mass is 501 g/mol. The highest BCUT2D eigenvalue weighted by molar-refractivity contribution is 6.30. The van der Waals surface area contributed by atoms with Crippen molar-refractivity contribution >= 4 is 35.1 Å². The molecule has 0 N–H and O–H groups in total. The number of benzene rings is 2. The maximum atomic E-state index is 13.9. The van der Waals surface area contributed by atoms with Crippen molar-refractivity contribution in [2.24, 2.45) is 5.92 Å². The Morgan fingerprint density at radius 3 is 2.38 bits per heavy atom. The van der Waals surface area contributed by atoms with Gasteiger partial charge in [-0.05, 0) is 75.4 Å². The zero-order valence-corrected chi connectivity index (χ0v) is 21.8. The summed E-state index contributed by atoms with van der Waals surface area (Å²) in [4.78, 5) is 29.0. The SMILES string of the molecule is C=CC[C@H]1C[C@H](c2cccc(Cl)c2)[C@@H](c2ccc(Cl)cc2)N([C@@H](CC)C(=O)OC(C)(C)C)C1=O. The molecule has 6 heteroatoms. The zero-order valence-electron chi connectivity index (χ0n) is 20.3. The van der Waals surface area contributed by atoms with Crippen LogP contribution in [0, 0.1) is 5.92 Å². The average Bonchev–Trinajstić information content (AvgIpc) is 2.76. The Bertz CT molecular complexity index is 1030. The van der Waals surface area contributed by atoms with Gasteiger partial charge in [-0.3, -0.25) is 4.79 Å². The number of amides is 1. The van der Waals surface area contributed by atoms with Crippen LogP contribution in [0.5, 0.6) is 0 Å². The minimum Gasteiger partial charge on any atom is -0.458 e. The van der Waals surface area contributed by atoms with E-state index in [-0.39, 0.29) is 23.8 Å². The van der Waals surface area contributed by atoms with Crippen LogP contribution in [0.15, 0.2) is 61.2 Å². The Hall–Kier alpha value is -2.30. The largest absolute Gasteiger partial charge is 0.458 e. The van der Waals surface area contributed by atoms with Crippen LogP contribution in [0.2, 0.25) is 10.0 Å². The smallest absolute Gasteiger partial charge is 0.329 e. The molecule has 1 aliphatic rings. The summed E-state index contributed by atoms with van der Waals surface area (Å²) in [7, 11) is 0. The summed E-state index contributed by atoms with van der Waals surface area (Å²) >= 11 is 12.5. The van der Waals surface area contributed by atoms with E-state index in [1.165, 1.54) is 0 Å². The summed E-state index contributed by atoms with van der Waals surface area (Å²) in [6, 6.07) is 14.1. The van der Waals surface area contributed by atoms with Gasteiger partial charge in [-0.15, -0.1) is 6.58 Å². The van der Waals surface area contributed by atoms with Crippen LogP contribution in [-0.2, 0) is 14.3 Å². The Kier molecular flexibility index (Phi) is 8.48. The Morgan fingerprint density at radius 2 is 1.82 bits per heavy atom. The van der Waals surface area contributed by atoms with E-state index >= 15 is 0 Å². The molecular formula is C28H33Cl2NO3. The molecule has 3 rings (SSSR count). The lowest BCUT2D eigenvalue weighted by molar-refractivity contribution is -0.170. The highest BCUT2D eigenvalue weighted by Gasteiger charge is 2.47. The van der Waals surface area contributed by atoms with Crippen molar-refractivity contribution in [3.63, 3.8) is 0 Å². The van der Waals surface area contributed by atoms with Gasteiger partial charge in [0.15, 0.2) is 0 Å². The second-order valence-electron chi connectivity index (χ2n) is 9.82. The molecule has 0 bridgehead atoms. The first-order valence-corrected chi connectivity index (χ1v) is 12.5. The van der Waals surface area contributed by atoms with Gasteiger partial charge >= 0.3 is 5.97 Å². The first kappa shape index (κ1) is 26.3. The number of esters is 1. The molecule has 4 atom stereocenters. The molecule has 1 saturated heterocycles. The number of allylic oxidation sites excluding steroid dienone is 1. The fraction of sp³-hybridized carbons (Fsp3) is 0.429. The molecule has 1 heterocycles. The molecule has 1 fully saturated rings. The third kappa shape index (κ3) is 6.03. The van der Waals surface area contributed by atoms with E-state index in [9.17, 15) is 9.59 Å². The van der Waals surface area contributed by atoms with E-state index in [4.69, 9.17) is 27.9 Å².